The lowest BCUT2D eigenvalue weighted by molar-refractivity contribution is -0.117. The van der Waals surface area contributed by atoms with E-state index in [1.54, 1.807) is 18.4 Å². The van der Waals surface area contributed by atoms with Crippen LogP contribution in [0.1, 0.15) is 18.4 Å². The Morgan fingerprint density at radius 1 is 1.22 bits per heavy atom. The van der Waals surface area contributed by atoms with Crippen LogP contribution in [-0.2, 0) is 11.3 Å². The number of nitrogens with zero attached hydrogens (tertiary/aromatic N) is 2. The number of rotatable bonds is 4. The van der Waals surface area contributed by atoms with Crippen molar-refractivity contribution in [2.45, 2.75) is 31.5 Å². The van der Waals surface area contributed by atoms with E-state index in [-0.39, 0.29) is 5.91 Å². The molecular formula is C18H20N2O2S. The number of thiophene rings is 1. The van der Waals surface area contributed by atoms with Gasteiger partial charge in [0.15, 0.2) is 0 Å². The molecule has 2 aliphatic heterocycles. The first-order valence-electron chi connectivity index (χ1n) is 7.97. The molecule has 23 heavy (non-hydrogen) atoms. The van der Waals surface area contributed by atoms with E-state index in [0.29, 0.717) is 18.5 Å². The van der Waals surface area contributed by atoms with Crippen LogP contribution in [0.15, 0.2) is 41.1 Å². The lowest BCUT2D eigenvalue weighted by Crippen LogP contribution is -2.36. The Balaban J connectivity index is 1.49. The molecule has 2 atom stereocenters. The molecule has 5 heteroatoms. The number of anilines is 1. The largest absolute Gasteiger partial charge is 0.497 e. The number of hydrogen-bond donors (Lipinski definition) is 0. The molecule has 4 nitrogen and oxygen atoms in total. The summed E-state index contributed by atoms with van der Waals surface area (Å²) >= 11 is 1.65. The second-order valence-electron chi connectivity index (χ2n) is 6.19. The van der Waals surface area contributed by atoms with Crippen LogP contribution < -0.4 is 9.64 Å². The summed E-state index contributed by atoms with van der Waals surface area (Å²) in [5, 5.41) is 4.12. The number of ether oxygens (including phenoxy) is 1. The second kappa shape index (κ2) is 5.98. The van der Waals surface area contributed by atoms with Crippen LogP contribution in [0.5, 0.6) is 5.75 Å². The van der Waals surface area contributed by atoms with Crippen molar-refractivity contribution < 1.29 is 9.53 Å². The van der Waals surface area contributed by atoms with E-state index < -0.39 is 0 Å². The fourth-order valence-corrected chi connectivity index (χ4v) is 4.45. The molecule has 0 saturated carbocycles. The molecule has 0 N–H and O–H groups in total. The van der Waals surface area contributed by atoms with Crippen LogP contribution in [0.4, 0.5) is 5.69 Å². The molecule has 0 radical (unpaired) electrons. The molecule has 4 rings (SSSR count). The lowest BCUT2D eigenvalue weighted by Gasteiger charge is -2.24. The number of methoxy groups -OCH3 is 1. The van der Waals surface area contributed by atoms with Gasteiger partial charge in [0, 0.05) is 30.9 Å². The smallest absolute Gasteiger partial charge is 0.228 e. The van der Waals surface area contributed by atoms with E-state index in [2.05, 4.69) is 28.5 Å². The normalized spacial score (nSPS) is 24.2. The van der Waals surface area contributed by atoms with Crippen molar-refractivity contribution in [2.75, 3.05) is 18.6 Å². The Bertz CT molecular complexity index is 684. The van der Waals surface area contributed by atoms with Gasteiger partial charge in [0.05, 0.1) is 18.8 Å². The maximum absolute atomic E-state index is 12.5. The zero-order valence-corrected chi connectivity index (χ0v) is 14.0. The van der Waals surface area contributed by atoms with Gasteiger partial charge in [-0.05, 0) is 35.6 Å². The van der Waals surface area contributed by atoms with Gasteiger partial charge in [-0.1, -0.05) is 12.1 Å². The molecule has 1 aromatic carbocycles. The maximum atomic E-state index is 12.5. The SMILES string of the molecule is COc1ccc(CN2CC[C@H]3[C@H]2CC(=O)N3c2ccsc2)cc1. The lowest BCUT2D eigenvalue weighted by atomic mass is 10.1. The topological polar surface area (TPSA) is 32.8 Å². The summed E-state index contributed by atoms with van der Waals surface area (Å²) in [5.41, 5.74) is 2.34. The van der Waals surface area contributed by atoms with E-state index in [9.17, 15) is 4.79 Å². The zero-order chi connectivity index (χ0) is 15.8. The standard InChI is InChI=1S/C18H20N2O2S/c1-22-15-4-2-13(3-5-15)11-19-8-6-16-17(19)10-18(21)20(16)14-7-9-23-12-14/h2-5,7,9,12,16-17H,6,8,10-11H2,1H3/t16-,17+/m0/s1. The highest BCUT2D eigenvalue weighted by molar-refractivity contribution is 7.08. The number of amides is 1. The Morgan fingerprint density at radius 3 is 2.74 bits per heavy atom. The molecule has 2 aromatic rings. The molecule has 1 aromatic heterocycles. The molecule has 1 amide bonds. The molecule has 2 fully saturated rings. The van der Waals surface area contributed by atoms with E-state index in [1.807, 2.05) is 22.4 Å². The van der Waals surface area contributed by atoms with Gasteiger partial charge in [0.2, 0.25) is 5.91 Å². The van der Waals surface area contributed by atoms with E-state index in [1.165, 1.54) is 5.56 Å². The Kier molecular flexibility index (Phi) is 3.83. The average molecular weight is 328 g/mol. The quantitative estimate of drug-likeness (QED) is 0.864. The zero-order valence-electron chi connectivity index (χ0n) is 13.1. The number of carbonyl (C=O) groups is 1. The van der Waals surface area contributed by atoms with Crippen molar-refractivity contribution in [3.63, 3.8) is 0 Å². The Morgan fingerprint density at radius 2 is 2.04 bits per heavy atom. The number of fused-ring (bicyclic) bond motifs is 1. The molecule has 0 spiro atoms. The van der Waals surface area contributed by atoms with Gasteiger partial charge in [-0.3, -0.25) is 9.69 Å². The summed E-state index contributed by atoms with van der Waals surface area (Å²) in [4.78, 5) is 16.9. The second-order valence-corrected chi connectivity index (χ2v) is 6.97. The maximum Gasteiger partial charge on any atom is 0.228 e. The molecular weight excluding hydrogens is 308 g/mol. The summed E-state index contributed by atoms with van der Waals surface area (Å²) in [6.07, 6.45) is 1.69. The number of carbonyl (C=O) groups excluding carboxylic acids is 1. The minimum atomic E-state index is 0.262. The van der Waals surface area contributed by atoms with E-state index >= 15 is 0 Å². The fraction of sp³-hybridized carbons (Fsp3) is 0.389. The minimum Gasteiger partial charge on any atom is -0.497 e. The van der Waals surface area contributed by atoms with Crippen LogP contribution in [0, 0.1) is 0 Å². The van der Waals surface area contributed by atoms with Crippen LogP contribution in [-0.4, -0.2) is 36.5 Å². The molecule has 120 valence electrons. The number of hydrogen-bond acceptors (Lipinski definition) is 4. The van der Waals surface area contributed by atoms with Crippen molar-refractivity contribution in [1.82, 2.24) is 4.90 Å². The summed E-state index contributed by atoms with van der Waals surface area (Å²) in [5.74, 6) is 1.14. The van der Waals surface area contributed by atoms with E-state index in [0.717, 1.165) is 30.9 Å². The van der Waals surface area contributed by atoms with Crippen LogP contribution >= 0.6 is 11.3 Å². The first-order valence-corrected chi connectivity index (χ1v) is 8.92. The van der Waals surface area contributed by atoms with Crippen LogP contribution in [0.2, 0.25) is 0 Å². The highest BCUT2D eigenvalue weighted by Gasteiger charge is 2.47. The monoisotopic (exact) mass is 328 g/mol. The fourth-order valence-electron chi connectivity index (χ4n) is 3.82. The summed E-state index contributed by atoms with van der Waals surface area (Å²) in [6, 6.07) is 10.9. The third kappa shape index (κ3) is 2.64. The Labute approximate surface area is 140 Å². The van der Waals surface area contributed by atoms with Gasteiger partial charge in [0.25, 0.3) is 0 Å². The molecule has 2 aliphatic rings. The van der Waals surface area contributed by atoms with E-state index in [4.69, 9.17) is 4.74 Å². The minimum absolute atomic E-state index is 0.262. The van der Waals surface area contributed by atoms with Crippen molar-refractivity contribution in [3.8, 4) is 5.75 Å². The highest BCUT2D eigenvalue weighted by atomic mass is 32.1. The number of benzene rings is 1. The highest BCUT2D eigenvalue weighted by Crippen LogP contribution is 2.37. The van der Waals surface area contributed by atoms with Crippen LogP contribution in [0.25, 0.3) is 0 Å². The predicted octanol–water partition coefficient (Wildman–Crippen LogP) is 3.14. The molecule has 3 heterocycles. The predicted molar refractivity (Wildman–Crippen MR) is 92.0 cm³/mol. The van der Waals surface area contributed by atoms with Gasteiger partial charge in [-0.25, -0.2) is 0 Å². The van der Waals surface area contributed by atoms with Crippen molar-refractivity contribution >= 4 is 22.9 Å². The van der Waals surface area contributed by atoms with Crippen LogP contribution in [0.3, 0.4) is 0 Å². The molecule has 0 unspecified atom stereocenters. The summed E-state index contributed by atoms with van der Waals surface area (Å²) in [7, 11) is 1.68. The van der Waals surface area contributed by atoms with Crippen molar-refractivity contribution in [1.29, 1.82) is 0 Å². The van der Waals surface area contributed by atoms with Gasteiger partial charge < -0.3 is 9.64 Å². The first kappa shape index (κ1) is 14.7. The number of likely N-dealkylation sites (tertiary alicyclic amines) is 1. The average Bonchev–Trinajstić information content (AvgIpc) is 3.27. The van der Waals surface area contributed by atoms with Gasteiger partial charge in [0.1, 0.15) is 5.75 Å². The van der Waals surface area contributed by atoms with Gasteiger partial charge in [-0.15, -0.1) is 0 Å². The third-order valence-corrected chi connectivity index (χ3v) is 5.61. The van der Waals surface area contributed by atoms with Gasteiger partial charge >= 0.3 is 0 Å². The van der Waals surface area contributed by atoms with Crippen molar-refractivity contribution in [2.24, 2.45) is 0 Å². The molecule has 0 aliphatic carbocycles. The Hall–Kier alpha value is -1.85. The summed E-state index contributed by atoms with van der Waals surface area (Å²) in [6.45, 7) is 1.95. The van der Waals surface area contributed by atoms with Crippen molar-refractivity contribution in [3.05, 3.63) is 46.7 Å². The third-order valence-electron chi connectivity index (χ3n) is 4.94. The van der Waals surface area contributed by atoms with Gasteiger partial charge in [-0.2, -0.15) is 11.3 Å². The molecule has 2 saturated heterocycles. The summed E-state index contributed by atoms with van der Waals surface area (Å²) < 4.78 is 5.21. The first-order chi connectivity index (χ1) is 11.3. The molecule has 0 bridgehead atoms.